The highest BCUT2D eigenvalue weighted by Gasteiger charge is 2.34. The number of nitrogens with one attached hydrogen (secondary N) is 2. The standard InChI is InChI=1S/C18H18F4N2O4S/c1-11(24-29(27,28)16-9-5-4-8-14(16)19)17(26)23-10-15(25)12-6-2-3-7-13(12)18(20,21)22/h2-9,11,15,24-25H,10H2,1H3,(H,23,26)/t11-,15?/m0/s1. The molecule has 0 fully saturated rings. The number of aliphatic hydroxyl groups excluding tert-OH is 1. The van der Waals surface area contributed by atoms with Crippen molar-refractivity contribution in [3.05, 3.63) is 65.5 Å². The van der Waals surface area contributed by atoms with Gasteiger partial charge < -0.3 is 10.4 Å². The number of hydrogen-bond acceptors (Lipinski definition) is 4. The molecule has 0 saturated heterocycles. The lowest BCUT2D eigenvalue weighted by atomic mass is 10.0. The number of alkyl halides is 3. The van der Waals surface area contributed by atoms with E-state index in [9.17, 15) is 35.9 Å². The van der Waals surface area contributed by atoms with E-state index in [-0.39, 0.29) is 0 Å². The molecule has 6 nitrogen and oxygen atoms in total. The van der Waals surface area contributed by atoms with Crippen LogP contribution in [0.1, 0.15) is 24.2 Å². The number of hydrogen-bond donors (Lipinski definition) is 3. The number of halogens is 4. The van der Waals surface area contributed by atoms with Gasteiger partial charge in [0.15, 0.2) is 0 Å². The molecule has 0 aromatic heterocycles. The highest BCUT2D eigenvalue weighted by molar-refractivity contribution is 7.89. The van der Waals surface area contributed by atoms with Crippen LogP contribution in [0.15, 0.2) is 53.4 Å². The molecule has 0 aliphatic carbocycles. The van der Waals surface area contributed by atoms with Crippen LogP contribution in [0.5, 0.6) is 0 Å². The van der Waals surface area contributed by atoms with Gasteiger partial charge in [-0.05, 0) is 30.7 Å². The topological polar surface area (TPSA) is 95.5 Å². The zero-order valence-corrected chi connectivity index (χ0v) is 15.9. The van der Waals surface area contributed by atoms with Crippen molar-refractivity contribution < 1.29 is 35.9 Å². The molecule has 0 saturated carbocycles. The predicted octanol–water partition coefficient (Wildman–Crippen LogP) is 2.36. The predicted molar refractivity (Wildman–Crippen MR) is 95.6 cm³/mol. The molecule has 2 aromatic carbocycles. The highest BCUT2D eigenvalue weighted by atomic mass is 32.2. The van der Waals surface area contributed by atoms with E-state index in [0.29, 0.717) is 0 Å². The van der Waals surface area contributed by atoms with Crippen molar-refractivity contribution in [2.24, 2.45) is 0 Å². The molecule has 1 amide bonds. The van der Waals surface area contributed by atoms with E-state index < -0.39 is 62.6 Å². The summed E-state index contributed by atoms with van der Waals surface area (Å²) in [6.07, 6.45) is -6.36. The molecule has 2 rings (SSSR count). The van der Waals surface area contributed by atoms with Crippen molar-refractivity contribution in [1.29, 1.82) is 0 Å². The normalized spacial score (nSPS) is 14.3. The third-order valence-electron chi connectivity index (χ3n) is 3.95. The molecule has 29 heavy (non-hydrogen) atoms. The summed E-state index contributed by atoms with van der Waals surface area (Å²) in [7, 11) is -4.35. The van der Waals surface area contributed by atoms with Gasteiger partial charge in [-0.3, -0.25) is 4.79 Å². The van der Waals surface area contributed by atoms with E-state index in [4.69, 9.17) is 0 Å². The van der Waals surface area contributed by atoms with E-state index in [2.05, 4.69) is 5.32 Å². The fourth-order valence-electron chi connectivity index (χ4n) is 2.52. The lowest BCUT2D eigenvalue weighted by Crippen LogP contribution is -2.45. The number of rotatable bonds is 7. The molecule has 0 aliphatic heterocycles. The van der Waals surface area contributed by atoms with Crippen LogP contribution in [0.4, 0.5) is 17.6 Å². The van der Waals surface area contributed by atoms with Gasteiger partial charge in [0, 0.05) is 6.54 Å². The Kier molecular flexibility index (Phi) is 6.98. The minimum Gasteiger partial charge on any atom is -0.387 e. The summed E-state index contributed by atoms with van der Waals surface area (Å²) in [6.45, 7) is 0.585. The molecule has 0 spiro atoms. The second kappa shape index (κ2) is 8.89. The van der Waals surface area contributed by atoms with Crippen molar-refractivity contribution in [2.75, 3.05) is 6.54 Å². The molecule has 0 aliphatic rings. The molecule has 3 N–H and O–H groups in total. The summed E-state index contributed by atoms with van der Waals surface area (Å²) in [4.78, 5) is 11.4. The number of benzene rings is 2. The van der Waals surface area contributed by atoms with Crippen molar-refractivity contribution >= 4 is 15.9 Å². The maximum absolute atomic E-state index is 13.7. The Morgan fingerprint density at radius 2 is 1.69 bits per heavy atom. The molecule has 1 unspecified atom stereocenters. The molecule has 2 aromatic rings. The first kappa shape index (κ1) is 22.8. The van der Waals surface area contributed by atoms with E-state index in [1.54, 1.807) is 0 Å². The van der Waals surface area contributed by atoms with Gasteiger partial charge in [0.2, 0.25) is 15.9 Å². The van der Waals surface area contributed by atoms with Gasteiger partial charge in [0.1, 0.15) is 10.7 Å². The van der Waals surface area contributed by atoms with Crippen molar-refractivity contribution in [2.45, 2.75) is 30.1 Å². The van der Waals surface area contributed by atoms with Crippen molar-refractivity contribution in [1.82, 2.24) is 10.0 Å². The number of amides is 1. The van der Waals surface area contributed by atoms with Crippen LogP contribution >= 0.6 is 0 Å². The first-order chi connectivity index (χ1) is 13.4. The van der Waals surface area contributed by atoms with Gasteiger partial charge in [-0.15, -0.1) is 0 Å². The fraction of sp³-hybridized carbons (Fsp3) is 0.278. The van der Waals surface area contributed by atoms with E-state index in [0.717, 1.165) is 30.3 Å². The molecule has 2 atom stereocenters. The fourth-order valence-corrected chi connectivity index (χ4v) is 3.80. The lowest BCUT2D eigenvalue weighted by molar-refractivity contribution is -0.139. The lowest BCUT2D eigenvalue weighted by Gasteiger charge is -2.19. The number of carbonyl (C=O) groups is 1. The van der Waals surface area contributed by atoms with Gasteiger partial charge in [-0.1, -0.05) is 30.3 Å². The minimum absolute atomic E-state index is 0.431. The van der Waals surface area contributed by atoms with Gasteiger partial charge in [-0.25, -0.2) is 12.8 Å². The second-order valence-electron chi connectivity index (χ2n) is 6.12. The van der Waals surface area contributed by atoms with E-state index in [1.165, 1.54) is 25.1 Å². The summed E-state index contributed by atoms with van der Waals surface area (Å²) in [6, 6.07) is 7.52. The van der Waals surface area contributed by atoms with Gasteiger partial charge in [0.05, 0.1) is 17.7 Å². The van der Waals surface area contributed by atoms with Crippen LogP contribution in [0.3, 0.4) is 0 Å². The molecule has 158 valence electrons. The smallest absolute Gasteiger partial charge is 0.387 e. The molecule has 0 bridgehead atoms. The zero-order valence-electron chi connectivity index (χ0n) is 15.1. The van der Waals surface area contributed by atoms with Gasteiger partial charge in [-0.2, -0.15) is 17.9 Å². The third kappa shape index (κ3) is 5.75. The van der Waals surface area contributed by atoms with Crippen LogP contribution in [-0.2, 0) is 21.0 Å². The van der Waals surface area contributed by atoms with Crippen molar-refractivity contribution in [3.63, 3.8) is 0 Å². The monoisotopic (exact) mass is 434 g/mol. The van der Waals surface area contributed by atoms with E-state index in [1.807, 2.05) is 4.72 Å². The number of carbonyl (C=O) groups excluding carboxylic acids is 1. The number of sulfonamides is 1. The Morgan fingerprint density at radius 1 is 1.10 bits per heavy atom. The minimum atomic E-state index is -4.69. The molecule has 0 radical (unpaired) electrons. The largest absolute Gasteiger partial charge is 0.416 e. The Morgan fingerprint density at radius 3 is 2.31 bits per heavy atom. The van der Waals surface area contributed by atoms with Gasteiger partial charge in [0.25, 0.3) is 0 Å². The molecule has 0 heterocycles. The van der Waals surface area contributed by atoms with Crippen LogP contribution in [-0.4, -0.2) is 32.0 Å². The van der Waals surface area contributed by atoms with Crippen LogP contribution in [0.2, 0.25) is 0 Å². The highest BCUT2D eigenvalue weighted by Crippen LogP contribution is 2.34. The van der Waals surface area contributed by atoms with Gasteiger partial charge >= 0.3 is 6.18 Å². The van der Waals surface area contributed by atoms with Crippen molar-refractivity contribution in [3.8, 4) is 0 Å². The SMILES string of the molecule is C[C@H](NS(=O)(=O)c1ccccc1F)C(=O)NCC(O)c1ccccc1C(F)(F)F. The van der Waals surface area contributed by atoms with Crippen LogP contribution < -0.4 is 10.0 Å². The summed E-state index contributed by atoms with van der Waals surface area (Å²) >= 11 is 0. The third-order valence-corrected chi connectivity index (χ3v) is 5.52. The second-order valence-corrected chi connectivity index (χ2v) is 7.80. The summed E-state index contributed by atoms with van der Waals surface area (Å²) in [5, 5.41) is 12.2. The quantitative estimate of drug-likeness (QED) is 0.583. The zero-order chi connectivity index (χ0) is 21.8. The first-order valence-corrected chi connectivity index (χ1v) is 9.80. The Labute approximate surface area is 164 Å². The Hall–Kier alpha value is -2.50. The summed E-state index contributed by atoms with van der Waals surface area (Å²) in [5.74, 6) is -1.92. The average molecular weight is 434 g/mol. The summed E-state index contributed by atoms with van der Waals surface area (Å²) in [5.41, 5.74) is -1.48. The Bertz CT molecular complexity index is 980. The summed E-state index contributed by atoms with van der Waals surface area (Å²) < 4.78 is 79.0. The first-order valence-electron chi connectivity index (χ1n) is 8.32. The van der Waals surface area contributed by atoms with E-state index >= 15 is 0 Å². The van der Waals surface area contributed by atoms with Crippen LogP contribution in [0, 0.1) is 5.82 Å². The molecular formula is C18H18F4N2O4S. The maximum Gasteiger partial charge on any atom is 0.416 e. The van der Waals surface area contributed by atoms with Crippen LogP contribution in [0.25, 0.3) is 0 Å². The average Bonchev–Trinajstić information content (AvgIpc) is 2.65. The maximum atomic E-state index is 13.7. The molecule has 11 heteroatoms. The Balaban J connectivity index is 2.03. The number of aliphatic hydroxyl groups is 1. The molecular weight excluding hydrogens is 416 g/mol.